The van der Waals surface area contributed by atoms with Crippen LogP contribution in [-0.4, -0.2) is 40.5 Å². The van der Waals surface area contributed by atoms with E-state index in [0.717, 1.165) is 0 Å². The van der Waals surface area contributed by atoms with Crippen molar-refractivity contribution in [3.05, 3.63) is 29.8 Å². The monoisotopic (exact) mass is 375 g/mol. The molecule has 1 amide bonds. The van der Waals surface area contributed by atoms with Gasteiger partial charge in [0.25, 0.3) is 5.91 Å². The molecule has 1 heterocycles. The number of amides is 1. The third kappa shape index (κ3) is 3.63. The van der Waals surface area contributed by atoms with Crippen molar-refractivity contribution in [2.45, 2.75) is 0 Å². The highest BCUT2D eigenvalue weighted by molar-refractivity contribution is 6.01. The number of hydrazine groups is 1. The molecular weight excluding hydrogens is 354 g/mol. The lowest BCUT2D eigenvalue weighted by molar-refractivity contribution is 0.0953. The molecule has 27 heavy (non-hydrogen) atoms. The van der Waals surface area contributed by atoms with Gasteiger partial charge in [0.05, 0.1) is 32.6 Å². The standard InChI is InChI=1S/C18H21N3O6/c1-23-15-6-10(7-16(24-2)17(15)25-3)20-12-9-14-13(26-4-5-27-14)8-11(12)18(22)21-19/h6-9,20H,4-5,19H2,1-3H3,(H,21,22). The molecule has 0 aromatic heterocycles. The van der Waals surface area contributed by atoms with Gasteiger partial charge in [-0.3, -0.25) is 10.2 Å². The highest BCUT2D eigenvalue weighted by Crippen LogP contribution is 2.42. The maximum atomic E-state index is 12.2. The summed E-state index contributed by atoms with van der Waals surface area (Å²) in [6.07, 6.45) is 0. The van der Waals surface area contributed by atoms with E-state index in [1.165, 1.54) is 21.3 Å². The molecule has 1 aliphatic rings. The number of hydrogen-bond donors (Lipinski definition) is 3. The second-order valence-electron chi connectivity index (χ2n) is 5.55. The highest BCUT2D eigenvalue weighted by atomic mass is 16.6. The summed E-state index contributed by atoms with van der Waals surface area (Å²) in [5.74, 6) is 7.27. The first kappa shape index (κ1) is 18.5. The Hall–Kier alpha value is -3.33. The van der Waals surface area contributed by atoms with Crippen molar-refractivity contribution < 1.29 is 28.5 Å². The number of anilines is 2. The van der Waals surface area contributed by atoms with Gasteiger partial charge in [-0.05, 0) is 6.07 Å². The van der Waals surface area contributed by atoms with Crippen LogP contribution in [0.15, 0.2) is 24.3 Å². The van der Waals surface area contributed by atoms with Crippen LogP contribution in [0.3, 0.4) is 0 Å². The van der Waals surface area contributed by atoms with Crippen LogP contribution < -0.4 is 40.3 Å². The second-order valence-corrected chi connectivity index (χ2v) is 5.55. The number of ether oxygens (including phenoxy) is 5. The lowest BCUT2D eigenvalue weighted by Gasteiger charge is -2.22. The third-order valence-electron chi connectivity index (χ3n) is 4.00. The minimum absolute atomic E-state index is 0.301. The van der Waals surface area contributed by atoms with Crippen molar-refractivity contribution in [2.24, 2.45) is 5.84 Å². The number of carbonyl (C=O) groups excluding carboxylic acids is 1. The van der Waals surface area contributed by atoms with Gasteiger partial charge in [-0.25, -0.2) is 5.84 Å². The number of nitrogens with one attached hydrogen (secondary N) is 2. The molecule has 0 atom stereocenters. The highest BCUT2D eigenvalue weighted by Gasteiger charge is 2.21. The van der Waals surface area contributed by atoms with Gasteiger partial charge in [-0.1, -0.05) is 0 Å². The fraction of sp³-hybridized carbons (Fsp3) is 0.278. The molecule has 1 aliphatic heterocycles. The van der Waals surface area contributed by atoms with Crippen LogP contribution in [0.1, 0.15) is 10.4 Å². The number of fused-ring (bicyclic) bond motifs is 1. The van der Waals surface area contributed by atoms with Crippen LogP contribution in [0.4, 0.5) is 11.4 Å². The summed E-state index contributed by atoms with van der Waals surface area (Å²) in [4.78, 5) is 12.2. The number of carbonyl (C=O) groups is 1. The maximum absolute atomic E-state index is 12.2. The average molecular weight is 375 g/mol. The Balaban J connectivity index is 2.05. The van der Waals surface area contributed by atoms with Gasteiger partial charge < -0.3 is 29.0 Å². The van der Waals surface area contributed by atoms with Gasteiger partial charge in [0.2, 0.25) is 5.75 Å². The van der Waals surface area contributed by atoms with Gasteiger partial charge >= 0.3 is 0 Å². The number of benzene rings is 2. The van der Waals surface area contributed by atoms with Crippen molar-refractivity contribution in [3.63, 3.8) is 0 Å². The first-order valence-electron chi connectivity index (χ1n) is 8.12. The van der Waals surface area contributed by atoms with Crippen molar-refractivity contribution in [2.75, 3.05) is 39.9 Å². The van der Waals surface area contributed by atoms with Crippen molar-refractivity contribution in [1.29, 1.82) is 0 Å². The summed E-state index contributed by atoms with van der Waals surface area (Å²) >= 11 is 0. The largest absolute Gasteiger partial charge is 0.493 e. The number of rotatable bonds is 6. The molecule has 0 fully saturated rings. The van der Waals surface area contributed by atoms with E-state index in [1.54, 1.807) is 24.3 Å². The predicted molar refractivity (Wildman–Crippen MR) is 98.5 cm³/mol. The van der Waals surface area contributed by atoms with E-state index in [-0.39, 0.29) is 0 Å². The Kier molecular flexibility index (Phi) is 5.41. The molecule has 0 saturated heterocycles. The molecule has 4 N–H and O–H groups in total. The van der Waals surface area contributed by atoms with Crippen LogP contribution in [0.2, 0.25) is 0 Å². The summed E-state index contributed by atoms with van der Waals surface area (Å²) in [7, 11) is 4.58. The van der Waals surface area contributed by atoms with Crippen molar-refractivity contribution in [1.82, 2.24) is 5.43 Å². The molecule has 9 nitrogen and oxygen atoms in total. The van der Waals surface area contributed by atoms with Gasteiger partial charge in [0.1, 0.15) is 13.2 Å². The third-order valence-corrected chi connectivity index (χ3v) is 4.00. The molecule has 2 aromatic rings. The molecule has 0 aliphatic carbocycles. The van der Waals surface area contributed by atoms with Crippen LogP contribution in [-0.2, 0) is 0 Å². The van der Waals surface area contributed by atoms with Gasteiger partial charge in [-0.15, -0.1) is 0 Å². The maximum Gasteiger partial charge on any atom is 0.267 e. The van der Waals surface area contributed by atoms with Crippen LogP contribution in [0.25, 0.3) is 0 Å². The molecule has 144 valence electrons. The molecule has 3 rings (SSSR count). The normalized spacial score (nSPS) is 12.1. The average Bonchev–Trinajstić information content (AvgIpc) is 2.71. The first-order chi connectivity index (χ1) is 13.1. The fourth-order valence-electron chi connectivity index (χ4n) is 2.77. The fourth-order valence-corrected chi connectivity index (χ4v) is 2.77. The second kappa shape index (κ2) is 7.92. The summed E-state index contributed by atoms with van der Waals surface area (Å²) in [6.45, 7) is 0.843. The van der Waals surface area contributed by atoms with E-state index in [4.69, 9.17) is 29.5 Å². The Labute approximate surface area is 156 Å². The number of nitrogens with two attached hydrogens (primary N) is 1. The van der Waals surface area contributed by atoms with Gasteiger partial charge in [-0.2, -0.15) is 0 Å². The number of hydrogen-bond acceptors (Lipinski definition) is 8. The van der Waals surface area contributed by atoms with E-state index >= 15 is 0 Å². The Morgan fingerprint density at radius 2 is 1.56 bits per heavy atom. The predicted octanol–water partition coefficient (Wildman–Crippen LogP) is 1.83. The molecule has 0 radical (unpaired) electrons. The molecule has 9 heteroatoms. The SMILES string of the molecule is COc1cc(Nc2cc3c(cc2C(=O)NN)OCCO3)cc(OC)c1OC. The molecular formula is C18H21N3O6. The minimum Gasteiger partial charge on any atom is -0.493 e. The van der Waals surface area contributed by atoms with E-state index in [2.05, 4.69) is 10.7 Å². The van der Waals surface area contributed by atoms with Crippen molar-refractivity contribution >= 4 is 17.3 Å². The number of nitrogen functional groups attached to an aromatic ring is 1. The summed E-state index contributed by atoms with van der Waals surface area (Å²) in [5.41, 5.74) is 3.53. The summed E-state index contributed by atoms with van der Waals surface area (Å²) in [5, 5.41) is 3.17. The molecule has 0 unspecified atom stereocenters. The Bertz CT molecular complexity index is 830. The Morgan fingerprint density at radius 1 is 0.963 bits per heavy atom. The molecule has 0 bridgehead atoms. The van der Waals surface area contributed by atoms with E-state index in [9.17, 15) is 4.79 Å². The zero-order chi connectivity index (χ0) is 19.4. The zero-order valence-electron chi connectivity index (χ0n) is 15.3. The van der Waals surface area contributed by atoms with Gasteiger partial charge in [0.15, 0.2) is 23.0 Å². The lowest BCUT2D eigenvalue weighted by Crippen LogP contribution is -2.30. The van der Waals surface area contributed by atoms with Crippen LogP contribution in [0.5, 0.6) is 28.7 Å². The molecule has 2 aromatic carbocycles. The van der Waals surface area contributed by atoms with Crippen LogP contribution in [0, 0.1) is 0 Å². The first-order valence-corrected chi connectivity index (χ1v) is 8.12. The topological polar surface area (TPSA) is 113 Å². The summed E-state index contributed by atoms with van der Waals surface area (Å²) < 4.78 is 27.2. The van der Waals surface area contributed by atoms with Crippen LogP contribution >= 0.6 is 0 Å². The lowest BCUT2D eigenvalue weighted by atomic mass is 10.1. The van der Waals surface area contributed by atoms with Crippen molar-refractivity contribution in [3.8, 4) is 28.7 Å². The molecule has 0 saturated carbocycles. The quantitative estimate of drug-likeness (QED) is 0.398. The summed E-state index contributed by atoms with van der Waals surface area (Å²) in [6, 6.07) is 6.71. The minimum atomic E-state index is -0.470. The van der Waals surface area contributed by atoms with E-state index in [0.29, 0.717) is 58.9 Å². The van der Waals surface area contributed by atoms with E-state index < -0.39 is 5.91 Å². The Morgan fingerprint density at radius 3 is 2.07 bits per heavy atom. The zero-order valence-corrected chi connectivity index (χ0v) is 15.3. The molecule has 0 spiro atoms. The van der Waals surface area contributed by atoms with Gasteiger partial charge in [0, 0.05) is 23.9 Å². The smallest absolute Gasteiger partial charge is 0.267 e. The number of methoxy groups -OCH3 is 3. The van der Waals surface area contributed by atoms with E-state index in [1.807, 2.05) is 0 Å².